The average Bonchev–Trinajstić information content (AvgIpc) is 2.84. The largest absolute Gasteiger partial charge is 0.503 e. The first-order valence-electron chi connectivity index (χ1n) is 5.51. The smallest absolute Gasteiger partial charge is 0.278 e. The number of rotatable bonds is 1. The number of hydrogen-bond acceptors (Lipinski definition) is 5. The number of nitrogens with zero attached hydrogens (tertiary/aromatic N) is 2. The molecule has 0 aliphatic rings. The van der Waals surface area contributed by atoms with Crippen LogP contribution in [0, 0.1) is 17.5 Å². The molecule has 0 spiro atoms. The van der Waals surface area contributed by atoms with E-state index in [9.17, 15) is 18.0 Å². The zero-order valence-corrected chi connectivity index (χ0v) is 10.0. The number of phenolic OH excluding ortho intramolecular Hbond substituents is 1. The Morgan fingerprint density at radius 2 is 1.86 bits per heavy atom. The fourth-order valence-corrected chi connectivity index (χ4v) is 1.81. The van der Waals surface area contributed by atoms with E-state index >= 15 is 0 Å². The molecule has 5 N–H and O–H groups in total. The van der Waals surface area contributed by atoms with Gasteiger partial charge in [0.1, 0.15) is 5.82 Å². The van der Waals surface area contributed by atoms with Crippen LogP contribution in [0.4, 0.5) is 19.1 Å². The Morgan fingerprint density at radius 1 is 1.14 bits per heavy atom. The molecule has 10 heteroatoms. The molecule has 0 atom stereocenters. The minimum Gasteiger partial charge on any atom is -0.503 e. The van der Waals surface area contributed by atoms with Crippen molar-refractivity contribution in [3.05, 3.63) is 33.9 Å². The standard InChI is InChI=1S/C11H6F3N5O2/c12-3-1-2(4(13)7(20)5(3)14)8-16-6-9(17-8)18-11(15)19-10(6)21/h1,20H,(H4,15,16,17,18,19,21). The van der Waals surface area contributed by atoms with Crippen molar-refractivity contribution in [3.63, 3.8) is 0 Å². The lowest BCUT2D eigenvalue weighted by atomic mass is 10.1. The Balaban J connectivity index is 2.31. The summed E-state index contributed by atoms with van der Waals surface area (Å²) in [5, 5.41) is 9.17. The zero-order chi connectivity index (χ0) is 15.3. The van der Waals surface area contributed by atoms with Crippen LogP contribution >= 0.6 is 0 Å². The summed E-state index contributed by atoms with van der Waals surface area (Å²) < 4.78 is 40.1. The van der Waals surface area contributed by atoms with Crippen molar-refractivity contribution in [2.24, 2.45) is 0 Å². The summed E-state index contributed by atoms with van der Waals surface area (Å²) >= 11 is 0. The molecule has 108 valence electrons. The number of aromatic hydroxyl groups is 1. The number of nitrogens with one attached hydrogen (secondary N) is 2. The Kier molecular flexibility index (Phi) is 2.61. The molecule has 0 radical (unpaired) electrons. The maximum absolute atomic E-state index is 13.8. The van der Waals surface area contributed by atoms with Crippen LogP contribution < -0.4 is 11.3 Å². The summed E-state index contributed by atoms with van der Waals surface area (Å²) in [6, 6.07) is 0.500. The molecule has 0 saturated carbocycles. The van der Waals surface area contributed by atoms with E-state index < -0.39 is 34.3 Å². The third kappa shape index (κ3) is 1.88. The number of halogens is 3. The minimum absolute atomic E-state index is 0.122. The van der Waals surface area contributed by atoms with Gasteiger partial charge in [0.25, 0.3) is 5.56 Å². The number of aromatic nitrogens is 4. The highest BCUT2D eigenvalue weighted by Gasteiger charge is 2.21. The lowest BCUT2D eigenvalue weighted by Crippen LogP contribution is -2.10. The highest BCUT2D eigenvalue weighted by Crippen LogP contribution is 2.31. The maximum Gasteiger partial charge on any atom is 0.278 e. The van der Waals surface area contributed by atoms with Crippen LogP contribution in [-0.4, -0.2) is 25.0 Å². The van der Waals surface area contributed by atoms with Crippen molar-refractivity contribution in [1.29, 1.82) is 0 Å². The topological polar surface area (TPSA) is 121 Å². The second-order valence-corrected chi connectivity index (χ2v) is 4.12. The number of H-pyrrole nitrogens is 2. The van der Waals surface area contributed by atoms with Gasteiger partial charge in [0.2, 0.25) is 11.8 Å². The third-order valence-electron chi connectivity index (χ3n) is 2.77. The fourth-order valence-electron chi connectivity index (χ4n) is 1.81. The molecule has 7 nitrogen and oxygen atoms in total. The van der Waals surface area contributed by atoms with Crippen LogP contribution in [0.1, 0.15) is 0 Å². The molecule has 3 rings (SSSR count). The van der Waals surface area contributed by atoms with Crippen LogP contribution in [0.2, 0.25) is 0 Å². The van der Waals surface area contributed by atoms with Gasteiger partial charge in [-0.25, -0.2) is 13.8 Å². The first-order valence-corrected chi connectivity index (χ1v) is 5.51. The summed E-state index contributed by atoms with van der Waals surface area (Å²) in [5.41, 5.74) is 3.86. The highest BCUT2D eigenvalue weighted by molar-refractivity contribution is 5.76. The van der Waals surface area contributed by atoms with Crippen molar-refractivity contribution < 1.29 is 18.3 Å². The molecular weight excluding hydrogens is 291 g/mol. The zero-order valence-electron chi connectivity index (χ0n) is 10.0. The molecule has 0 unspecified atom stereocenters. The monoisotopic (exact) mass is 297 g/mol. The number of imidazole rings is 1. The number of phenols is 1. The molecule has 1 aromatic carbocycles. The van der Waals surface area contributed by atoms with Gasteiger partial charge >= 0.3 is 0 Å². The van der Waals surface area contributed by atoms with E-state index in [0.29, 0.717) is 6.07 Å². The van der Waals surface area contributed by atoms with Crippen molar-refractivity contribution in [2.45, 2.75) is 0 Å². The fraction of sp³-hybridized carbons (Fsp3) is 0. The maximum atomic E-state index is 13.8. The van der Waals surface area contributed by atoms with Gasteiger partial charge in [-0.3, -0.25) is 9.78 Å². The van der Waals surface area contributed by atoms with Crippen LogP contribution in [0.25, 0.3) is 22.6 Å². The molecule has 3 aromatic rings. The predicted molar refractivity (Wildman–Crippen MR) is 65.9 cm³/mol. The summed E-state index contributed by atoms with van der Waals surface area (Å²) in [6.07, 6.45) is 0. The number of fused-ring (bicyclic) bond motifs is 1. The lowest BCUT2D eigenvalue weighted by molar-refractivity contribution is 0.377. The van der Waals surface area contributed by atoms with Gasteiger partial charge in [-0.2, -0.15) is 9.37 Å². The molecule has 0 saturated heterocycles. The number of benzene rings is 1. The molecule has 0 amide bonds. The highest BCUT2D eigenvalue weighted by atomic mass is 19.2. The SMILES string of the molecule is Nc1nc2nc(-c3cc(F)c(F)c(O)c3F)[nH]c2c(=O)[nH]1. The van der Waals surface area contributed by atoms with Gasteiger partial charge in [0.15, 0.2) is 28.5 Å². The van der Waals surface area contributed by atoms with E-state index in [1.807, 2.05) is 0 Å². The van der Waals surface area contributed by atoms with E-state index in [0.717, 1.165) is 0 Å². The predicted octanol–water partition coefficient (Wildman–Crippen LogP) is 1.02. The van der Waals surface area contributed by atoms with E-state index in [4.69, 9.17) is 10.8 Å². The van der Waals surface area contributed by atoms with Crippen LogP contribution in [-0.2, 0) is 0 Å². The van der Waals surface area contributed by atoms with Crippen molar-refractivity contribution in [3.8, 4) is 17.1 Å². The molecule has 2 heterocycles. The number of nitrogen functional groups attached to an aromatic ring is 1. The second-order valence-electron chi connectivity index (χ2n) is 4.12. The summed E-state index contributed by atoms with van der Waals surface area (Å²) in [7, 11) is 0. The number of nitrogens with two attached hydrogens (primary N) is 1. The number of anilines is 1. The normalized spacial score (nSPS) is 11.2. The first-order chi connectivity index (χ1) is 9.88. The summed E-state index contributed by atoms with van der Waals surface area (Å²) in [4.78, 5) is 23.7. The number of hydrogen-bond donors (Lipinski definition) is 4. The van der Waals surface area contributed by atoms with Gasteiger partial charge in [-0.15, -0.1) is 0 Å². The van der Waals surface area contributed by atoms with Gasteiger partial charge < -0.3 is 15.8 Å². The van der Waals surface area contributed by atoms with Crippen LogP contribution in [0.3, 0.4) is 0 Å². The van der Waals surface area contributed by atoms with Gasteiger partial charge in [-0.05, 0) is 6.07 Å². The van der Waals surface area contributed by atoms with Gasteiger partial charge in [0, 0.05) is 0 Å². The van der Waals surface area contributed by atoms with Crippen molar-refractivity contribution in [2.75, 3.05) is 5.73 Å². The summed E-state index contributed by atoms with van der Waals surface area (Å²) in [5.74, 6) is -6.60. The van der Waals surface area contributed by atoms with E-state index in [1.165, 1.54) is 0 Å². The van der Waals surface area contributed by atoms with E-state index in [2.05, 4.69) is 19.9 Å². The van der Waals surface area contributed by atoms with Gasteiger partial charge in [-0.1, -0.05) is 0 Å². The third-order valence-corrected chi connectivity index (χ3v) is 2.77. The van der Waals surface area contributed by atoms with E-state index in [1.54, 1.807) is 0 Å². The molecule has 2 aromatic heterocycles. The molecular formula is C11H6F3N5O2. The van der Waals surface area contributed by atoms with Crippen LogP contribution in [0.5, 0.6) is 5.75 Å². The Hall–Kier alpha value is -3.04. The molecule has 0 fully saturated rings. The first kappa shape index (κ1) is 13.0. The van der Waals surface area contributed by atoms with Crippen molar-refractivity contribution >= 4 is 17.1 Å². The second kappa shape index (κ2) is 4.23. The van der Waals surface area contributed by atoms with E-state index in [-0.39, 0.29) is 22.9 Å². The Bertz CT molecular complexity index is 934. The molecule has 0 aliphatic carbocycles. The molecule has 21 heavy (non-hydrogen) atoms. The van der Waals surface area contributed by atoms with Crippen molar-refractivity contribution in [1.82, 2.24) is 19.9 Å². The average molecular weight is 297 g/mol. The Labute approximate surface area is 113 Å². The molecule has 0 bridgehead atoms. The van der Waals surface area contributed by atoms with Gasteiger partial charge in [0.05, 0.1) is 5.56 Å². The minimum atomic E-state index is -1.72. The lowest BCUT2D eigenvalue weighted by Gasteiger charge is -2.03. The summed E-state index contributed by atoms with van der Waals surface area (Å²) in [6.45, 7) is 0. The quantitative estimate of drug-likeness (QED) is 0.500. The van der Waals surface area contributed by atoms with Crippen LogP contribution in [0.15, 0.2) is 10.9 Å². The Morgan fingerprint density at radius 3 is 2.57 bits per heavy atom. The number of aromatic amines is 2. The molecule has 0 aliphatic heterocycles.